The average Bonchev–Trinajstić information content (AvgIpc) is 2.72. The van der Waals surface area contributed by atoms with Crippen molar-refractivity contribution in [1.82, 2.24) is 10.2 Å². The molecule has 1 N–H and O–H groups in total. The molecule has 1 heterocycles. The van der Waals surface area contributed by atoms with E-state index in [9.17, 15) is 4.79 Å². The predicted molar refractivity (Wildman–Crippen MR) is 81.1 cm³/mol. The van der Waals surface area contributed by atoms with Crippen LogP contribution in [-0.4, -0.2) is 35.0 Å². The van der Waals surface area contributed by atoms with Crippen molar-refractivity contribution in [3.63, 3.8) is 0 Å². The van der Waals surface area contributed by atoms with Crippen molar-refractivity contribution in [3.05, 3.63) is 35.9 Å². The molecular weight excluding hydrogens is 256 g/mol. The maximum Gasteiger partial charge on any atom is 0.245 e. The molecule has 1 saturated heterocycles. The fourth-order valence-corrected chi connectivity index (χ4v) is 3.22. The van der Waals surface area contributed by atoms with Gasteiger partial charge in [-0.2, -0.15) is 11.8 Å². The normalized spacial score (nSPS) is 24.8. The number of nitrogens with one attached hydrogen (secondary N) is 1. The highest BCUT2D eigenvalue weighted by Gasteiger charge is 2.39. The van der Waals surface area contributed by atoms with Crippen LogP contribution in [0.5, 0.6) is 0 Å². The van der Waals surface area contributed by atoms with Gasteiger partial charge in [-0.3, -0.25) is 10.1 Å². The fourth-order valence-electron chi connectivity index (χ4n) is 2.64. The van der Waals surface area contributed by atoms with E-state index in [1.807, 2.05) is 47.0 Å². The molecular formula is C15H22N2OS. The van der Waals surface area contributed by atoms with Crippen molar-refractivity contribution in [2.45, 2.75) is 38.5 Å². The van der Waals surface area contributed by atoms with Crippen LogP contribution in [0.25, 0.3) is 0 Å². The summed E-state index contributed by atoms with van der Waals surface area (Å²) in [5, 5.41) is 3.40. The number of carbonyl (C=O) groups is 1. The summed E-state index contributed by atoms with van der Waals surface area (Å²) >= 11 is 1.83. The number of thioether (sulfide) groups is 1. The van der Waals surface area contributed by atoms with Gasteiger partial charge in [0, 0.05) is 6.04 Å². The quantitative estimate of drug-likeness (QED) is 0.898. The highest BCUT2D eigenvalue weighted by molar-refractivity contribution is 7.98. The molecule has 3 atom stereocenters. The van der Waals surface area contributed by atoms with Crippen LogP contribution < -0.4 is 5.32 Å². The Hall–Kier alpha value is -1.00. The second-order valence-corrected chi connectivity index (χ2v) is 6.05. The summed E-state index contributed by atoms with van der Waals surface area (Å²) in [5.74, 6) is 1.29. The minimum atomic E-state index is -0.187. The summed E-state index contributed by atoms with van der Waals surface area (Å²) in [6, 6.07) is 10.1. The smallest absolute Gasteiger partial charge is 0.245 e. The van der Waals surface area contributed by atoms with Gasteiger partial charge in [0.1, 0.15) is 6.04 Å². The van der Waals surface area contributed by atoms with Gasteiger partial charge in [0.25, 0.3) is 0 Å². The molecule has 1 aromatic rings. The minimum absolute atomic E-state index is 0.106. The Bertz CT molecular complexity index is 423. The third kappa shape index (κ3) is 3.12. The Morgan fingerprint density at radius 1 is 1.37 bits per heavy atom. The molecule has 0 radical (unpaired) electrons. The molecule has 3 unspecified atom stereocenters. The summed E-state index contributed by atoms with van der Waals surface area (Å²) in [6.07, 6.45) is 3.25. The molecule has 19 heavy (non-hydrogen) atoms. The van der Waals surface area contributed by atoms with Gasteiger partial charge in [-0.1, -0.05) is 30.3 Å². The molecule has 0 aliphatic carbocycles. The molecule has 0 saturated carbocycles. The van der Waals surface area contributed by atoms with Gasteiger partial charge in [-0.05, 0) is 37.8 Å². The second kappa shape index (κ2) is 6.44. The van der Waals surface area contributed by atoms with Crippen molar-refractivity contribution < 1.29 is 4.79 Å². The van der Waals surface area contributed by atoms with Crippen LogP contribution >= 0.6 is 11.8 Å². The highest BCUT2D eigenvalue weighted by Crippen LogP contribution is 2.26. The summed E-state index contributed by atoms with van der Waals surface area (Å²) < 4.78 is 0. The number of hydrogen-bond acceptors (Lipinski definition) is 3. The van der Waals surface area contributed by atoms with Crippen LogP contribution in [0.4, 0.5) is 0 Å². The van der Waals surface area contributed by atoms with Crippen molar-refractivity contribution in [3.8, 4) is 0 Å². The van der Waals surface area contributed by atoms with Gasteiger partial charge in [0.2, 0.25) is 5.91 Å². The van der Waals surface area contributed by atoms with E-state index in [-0.39, 0.29) is 24.2 Å². The summed E-state index contributed by atoms with van der Waals surface area (Å²) in [4.78, 5) is 14.6. The fraction of sp³-hybridized carbons (Fsp3) is 0.533. The molecule has 1 aliphatic heterocycles. The SMILES string of the molecule is CSCCC(C)N1C(=O)C(c2ccccc2)NC1C. The van der Waals surface area contributed by atoms with Crippen LogP contribution in [0.15, 0.2) is 30.3 Å². The van der Waals surface area contributed by atoms with Crippen LogP contribution in [0.3, 0.4) is 0 Å². The van der Waals surface area contributed by atoms with E-state index in [0.717, 1.165) is 17.7 Å². The van der Waals surface area contributed by atoms with Crippen LogP contribution in [0.2, 0.25) is 0 Å². The monoisotopic (exact) mass is 278 g/mol. The molecule has 1 aliphatic rings. The number of hydrogen-bond donors (Lipinski definition) is 1. The van der Waals surface area contributed by atoms with Gasteiger partial charge in [-0.25, -0.2) is 0 Å². The number of rotatable bonds is 5. The first-order valence-corrected chi connectivity index (χ1v) is 8.16. The Kier molecular flexibility index (Phi) is 4.88. The summed E-state index contributed by atoms with van der Waals surface area (Å²) in [5.41, 5.74) is 1.05. The van der Waals surface area contributed by atoms with E-state index >= 15 is 0 Å². The lowest BCUT2D eigenvalue weighted by Crippen LogP contribution is -2.41. The molecule has 0 aromatic heterocycles. The first-order valence-electron chi connectivity index (χ1n) is 6.77. The van der Waals surface area contributed by atoms with Gasteiger partial charge >= 0.3 is 0 Å². The third-order valence-corrected chi connectivity index (χ3v) is 4.32. The van der Waals surface area contributed by atoms with E-state index in [1.54, 1.807) is 0 Å². The first-order chi connectivity index (χ1) is 9.15. The lowest BCUT2D eigenvalue weighted by atomic mass is 10.1. The molecule has 104 valence electrons. The molecule has 3 nitrogen and oxygen atoms in total. The van der Waals surface area contributed by atoms with Gasteiger partial charge in [0.05, 0.1) is 6.17 Å². The number of amides is 1. The zero-order chi connectivity index (χ0) is 13.8. The molecule has 0 spiro atoms. The van der Waals surface area contributed by atoms with Crippen molar-refractivity contribution in [2.75, 3.05) is 12.0 Å². The van der Waals surface area contributed by atoms with Crippen LogP contribution in [-0.2, 0) is 4.79 Å². The van der Waals surface area contributed by atoms with E-state index in [2.05, 4.69) is 25.4 Å². The third-order valence-electron chi connectivity index (χ3n) is 3.67. The number of nitrogens with zero attached hydrogens (tertiary/aromatic N) is 1. The Morgan fingerprint density at radius 3 is 2.68 bits per heavy atom. The Balaban J connectivity index is 2.10. The Labute approximate surface area is 119 Å². The molecule has 1 fully saturated rings. The van der Waals surface area contributed by atoms with Crippen LogP contribution in [0, 0.1) is 0 Å². The highest BCUT2D eigenvalue weighted by atomic mass is 32.2. The van der Waals surface area contributed by atoms with Gasteiger partial charge in [0.15, 0.2) is 0 Å². The summed E-state index contributed by atoms with van der Waals surface area (Å²) in [7, 11) is 0. The Morgan fingerprint density at radius 2 is 2.05 bits per heavy atom. The maximum absolute atomic E-state index is 12.6. The lowest BCUT2D eigenvalue weighted by Gasteiger charge is -2.28. The lowest BCUT2D eigenvalue weighted by molar-refractivity contribution is -0.131. The van der Waals surface area contributed by atoms with E-state index in [4.69, 9.17) is 0 Å². The summed E-state index contributed by atoms with van der Waals surface area (Å²) in [6.45, 7) is 4.20. The topological polar surface area (TPSA) is 32.3 Å². The van der Waals surface area contributed by atoms with E-state index in [1.165, 1.54) is 0 Å². The number of carbonyl (C=O) groups excluding carboxylic acids is 1. The minimum Gasteiger partial charge on any atom is -0.323 e. The zero-order valence-electron chi connectivity index (χ0n) is 11.8. The van der Waals surface area contributed by atoms with E-state index < -0.39 is 0 Å². The average molecular weight is 278 g/mol. The van der Waals surface area contributed by atoms with Crippen molar-refractivity contribution in [2.24, 2.45) is 0 Å². The van der Waals surface area contributed by atoms with Gasteiger partial charge < -0.3 is 4.90 Å². The second-order valence-electron chi connectivity index (χ2n) is 5.06. The van der Waals surface area contributed by atoms with Crippen molar-refractivity contribution in [1.29, 1.82) is 0 Å². The van der Waals surface area contributed by atoms with E-state index in [0.29, 0.717) is 0 Å². The maximum atomic E-state index is 12.6. The largest absolute Gasteiger partial charge is 0.323 e. The first kappa shape index (κ1) is 14.4. The van der Waals surface area contributed by atoms with Crippen LogP contribution in [0.1, 0.15) is 31.9 Å². The van der Waals surface area contributed by atoms with Crippen molar-refractivity contribution >= 4 is 17.7 Å². The predicted octanol–water partition coefficient (Wildman–Crippen LogP) is 2.65. The molecule has 4 heteroatoms. The molecule has 2 rings (SSSR count). The van der Waals surface area contributed by atoms with Gasteiger partial charge in [-0.15, -0.1) is 0 Å². The molecule has 1 amide bonds. The zero-order valence-corrected chi connectivity index (χ0v) is 12.6. The molecule has 0 bridgehead atoms. The standard InChI is InChI=1S/C15H22N2OS/c1-11(9-10-19-3)17-12(2)16-14(15(17)18)13-7-5-4-6-8-13/h4-8,11-12,14,16H,9-10H2,1-3H3. The number of benzene rings is 1. The molecule has 1 aromatic carbocycles.